The molecule has 0 spiro atoms. The third-order valence-corrected chi connectivity index (χ3v) is 5.18. The summed E-state index contributed by atoms with van der Waals surface area (Å²) in [6, 6.07) is 24.0. The largest absolute Gasteiger partial charge is 0.457 e. The van der Waals surface area contributed by atoms with E-state index in [9.17, 15) is 4.79 Å². The van der Waals surface area contributed by atoms with Crippen molar-refractivity contribution in [2.75, 3.05) is 0 Å². The summed E-state index contributed by atoms with van der Waals surface area (Å²) >= 11 is 0. The average molecular weight is 463 g/mol. The van der Waals surface area contributed by atoms with Gasteiger partial charge in [0.05, 0.1) is 0 Å². The lowest BCUT2D eigenvalue weighted by molar-refractivity contribution is 0.103. The molecule has 0 radical (unpaired) electrons. The van der Waals surface area contributed by atoms with Crippen molar-refractivity contribution in [3.63, 3.8) is 0 Å². The van der Waals surface area contributed by atoms with E-state index >= 15 is 0 Å². The molecule has 0 aromatic heterocycles. The first-order chi connectivity index (χ1) is 17.5. The van der Waals surface area contributed by atoms with Gasteiger partial charge in [0.15, 0.2) is 5.78 Å². The maximum absolute atomic E-state index is 12.9. The van der Waals surface area contributed by atoms with Crippen LogP contribution >= 0.6 is 0 Å². The summed E-state index contributed by atoms with van der Waals surface area (Å²) in [6.45, 7) is 0. The molecule has 4 rings (SSSR count). The minimum Gasteiger partial charge on any atom is -0.457 e. The third kappa shape index (κ3) is 5.47. The van der Waals surface area contributed by atoms with Gasteiger partial charge in [-0.2, -0.15) is 0 Å². The van der Waals surface area contributed by atoms with Crippen LogP contribution in [0.5, 0.6) is 23.0 Å². The van der Waals surface area contributed by atoms with Crippen LogP contribution in [0.2, 0.25) is 0 Å². The van der Waals surface area contributed by atoms with Crippen LogP contribution < -0.4 is 9.47 Å². The molecule has 0 atom stereocenters. The highest BCUT2D eigenvalue weighted by atomic mass is 16.5. The van der Waals surface area contributed by atoms with Crippen molar-refractivity contribution < 1.29 is 14.3 Å². The van der Waals surface area contributed by atoms with Crippen molar-refractivity contribution in [3.8, 4) is 72.4 Å². The minimum absolute atomic E-state index is 0.138. The first-order valence-corrected chi connectivity index (χ1v) is 10.8. The quantitative estimate of drug-likeness (QED) is 0.245. The average Bonchev–Trinajstić information content (AvgIpc) is 2.93. The molecule has 3 nitrogen and oxygen atoms in total. The molecule has 0 fully saturated rings. The van der Waals surface area contributed by atoms with Gasteiger partial charge in [-0.1, -0.05) is 23.7 Å². The first-order valence-electron chi connectivity index (χ1n) is 10.8. The Kier molecular flexibility index (Phi) is 6.90. The van der Waals surface area contributed by atoms with E-state index in [1.54, 1.807) is 84.9 Å². The summed E-state index contributed by atoms with van der Waals surface area (Å²) < 4.78 is 11.7. The smallest absolute Gasteiger partial charge is 0.193 e. The molecule has 4 aromatic carbocycles. The topological polar surface area (TPSA) is 35.5 Å². The lowest BCUT2D eigenvalue weighted by Gasteiger charge is -2.09. The molecule has 36 heavy (non-hydrogen) atoms. The number of benzene rings is 4. The highest BCUT2D eigenvalue weighted by Crippen LogP contribution is 2.27. The molecule has 0 N–H and O–H groups in total. The molecule has 0 saturated heterocycles. The van der Waals surface area contributed by atoms with Crippen molar-refractivity contribution in [1.29, 1.82) is 0 Å². The van der Waals surface area contributed by atoms with Crippen LogP contribution in [0, 0.1) is 49.4 Å². The summed E-state index contributed by atoms with van der Waals surface area (Å²) in [5.41, 5.74) is 3.52. The molecule has 3 heteroatoms. The van der Waals surface area contributed by atoms with Crippen molar-refractivity contribution >= 4 is 5.78 Å². The minimum atomic E-state index is -0.138. The first kappa shape index (κ1) is 23.5. The molecule has 0 amide bonds. The van der Waals surface area contributed by atoms with Gasteiger partial charge >= 0.3 is 0 Å². The van der Waals surface area contributed by atoms with Gasteiger partial charge in [-0.05, 0) is 84.9 Å². The zero-order chi connectivity index (χ0) is 25.5. The summed E-state index contributed by atoms with van der Waals surface area (Å²) in [7, 11) is 0. The predicted octanol–water partition coefficient (Wildman–Crippen LogP) is 6.43. The molecule has 0 saturated carbocycles. The van der Waals surface area contributed by atoms with Crippen molar-refractivity contribution in [1.82, 2.24) is 0 Å². The Labute approximate surface area is 210 Å². The van der Waals surface area contributed by atoms with Crippen LogP contribution in [0.3, 0.4) is 0 Å². The van der Waals surface area contributed by atoms with Crippen LogP contribution in [0.25, 0.3) is 0 Å². The zero-order valence-electron chi connectivity index (χ0n) is 19.1. The van der Waals surface area contributed by atoms with Gasteiger partial charge in [0.1, 0.15) is 23.0 Å². The number of ketones is 1. The maximum Gasteiger partial charge on any atom is 0.193 e. The van der Waals surface area contributed by atoms with E-state index in [0.717, 1.165) is 0 Å². The van der Waals surface area contributed by atoms with Gasteiger partial charge < -0.3 is 9.47 Å². The highest BCUT2D eigenvalue weighted by Gasteiger charge is 2.11. The van der Waals surface area contributed by atoms with E-state index in [2.05, 4.69) is 23.7 Å². The number of rotatable bonds is 6. The Hall–Kier alpha value is -5.61. The van der Waals surface area contributed by atoms with E-state index in [-0.39, 0.29) is 5.78 Å². The van der Waals surface area contributed by atoms with E-state index < -0.39 is 0 Å². The Morgan fingerprint density at radius 3 is 1.06 bits per heavy atom. The Bertz CT molecular complexity index is 1420. The van der Waals surface area contributed by atoms with Crippen LogP contribution in [0.1, 0.15) is 38.2 Å². The summed E-state index contributed by atoms with van der Waals surface area (Å²) in [4.78, 5) is 12.9. The number of carbonyl (C=O) groups is 1. The molecule has 0 aliphatic rings. The van der Waals surface area contributed by atoms with Gasteiger partial charge in [0, 0.05) is 33.4 Å². The second-order valence-electron chi connectivity index (χ2n) is 7.65. The Balaban J connectivity index is 1.46. The lowest BCUT2D eigenvalue weighted by atomic mass is 10.0. The molecule has 0 heterocycles. The van der Waals surface area contributed by atoms with E-state index in [1.165, 1.54) is 0 Å². The van der Waals surface area contributed by atoms with Gasteiger partial charge in [0.25, 0.3) is 0 Å². The molecule has 4 aromatic rings. The predicted molar refractivity (Wildman–Crippen MR) is 141 cm³/mol. The van der Waals surface area contributed by atoms with Crippen LogP contribution in [0.15, 0.2) is 84.9 Å². The standard InChI is InChI=1S/C33H18O3/c1-5-23-17-24(6-2)20-31(19-23)35-29-13-9-27(10-14-29)33(34)28-11-15-30(16-12-28)36-32-21-25(7-3)18-26(8-4)22-32/h1-4,9-22H. The third-order valence-electron chi connectivity index (χ3n) is 5.18. The number of hydrogen-bond acceptors (Lipinski definition) is 3. The van der Waals surface area contributed by atoms with Crippen molar-refractivity contribution in [2.24, 2.45) is 0 Å². The molecule has 168 valence electrons. The summed E-state index contributed by atoms with van der Waals surface area (Å²) in [5, 5.41) is 0. The maximum atomic E-state index is 12.9. The van der Waals surface area contributed by atoms with Crippen LogP contribution in [-0.4, -0.2) is 5.78 Å². The molecule has 0 aliphatic heterocycles. The number of terminal acetylenes is 4. The number of ether oxygens (including phenoxy) is 2. The lowest BCUT2D eigenvalue weighted by Crippen LogP contribution is -2.01. The SMILES string of the molecule is C#Cc1cc(C#C)cc(Oc2ccc(C(=O)c3ccc(Oc4cc(C#C)cc(C#C)c4)cc3)cc2)c1. The van der Waals surface area contributed by atoms with Gasteiger partial charge in [0.2, 0.25) is 0 Å². The second kappa shape index (κ2) is 10.5. The number of hydrogen-bond donors (Lipinski definition) is 0. The second-order valence-corrected chi connectivity index (χ2v) is 7.65. The van der Waals surface area contributed by atoms with E-state index in [4.69, 9.17) is 35.2 Å². The van der Waals surface area contributed by atoms with Crippen molar-refractivity contribution in [3.05, 3.63) is 118 Å². The Morgan fingerprint density at radius 2 is 0.778 bits per heavy atom. The molecule has 0 unspecified atom stereocenters. The van der Waals surface area contributed by atoms with E-state index in [1.807, 2.05) is 0 Å². The zero-order valence-corrected chi connectivity index (χ0v) is 19.1. The Morgan fingerprint density at radius 1 is 0.472 bits per heavy atom. The number of carbonyl (C=O) groups excluding carboxylic acids is 1. The summed E-state index contributed by atoms with van der Waals surface area (Å²) in [5.74, 6) is 12.2. The molecular weight excluding hydrogens is 444 g/mol. The summed E-state index contributed by atoms with van der Waals surface area (Å²) in [6.07, 6.45) is 21.9. The van der Waals surface area contributed by atoms with Crippen LogP contribution in [-0.2, 0) is 0 Å². The fourth-order valence-electron chi connectivity index (χ4n) is 3.44. The monoisotopic (exact) mass is 462 g/mol. The fraction of sp³-hybridized carbons (Fsp3) is 0. The molecule has 0 aliphatic carbocycles. The normalized spacial score (nSPS) is 9.67. The van der Waals surface area contributed by atoms with Gasteiger partial charge in [-0.3, -0.25) is 4.79 Å². The molecular formula is C33H18O3. The van der Waals surface area contributed by atoms with E-state index in [0.29, 0.717) is 56.4 Å². The van der Waals surface area contributed by atoms with Gasteiger partial charge in [-0.25, -0.2) is 0 Å². The fourth-order valence-corrected chi connectivity index (χ4v) is 3.44. The van der Waals surface area contributed by atoms with Gasteiger partial charge in [-0.15, -0.1) is 25.7 Å². The van der Waals surface area contributed by atoms with Crippen LogP contribution in [0.4, 0.5) is 0 Å². The highest BCUT2D eigenvalue weighted by molar-refractivity contribution is 6.09. The molecule has 0 bridgehead atoms. The van der Waals surface area contributed by atoms with Crippen molar-refractivity contribution in [2.45, 2.75) is 0 Å².